The molecule has 2 aromatic rings. The summed E-state index contributed by atoms with van der Waals surface area (Å²) in [5, 5.41) is 20.9. The first kappa shape index (κ1) is 14.0. The molecule has 1 unspecified atom stereocenters. The molecule has 0 bridgehead atoms. The molecular formula is C14H13FN2O3. The Bertz CT molecular complexity index is 605. The molecule has 0 amide bonds. The van der Waals surface area contributed by atoms with Gasteiger partial charge < -0.3 is 15.5 Å². The van der Waals surface area contributed by atoms with Crippen molar-refractivity contribution in [3.05, 3.63) is 59.5 Å². The predicted octanol–water partition coefficient (Wildman–Crippen LogP) is 2.06. The fraction of sp³-hybridized carbons (Fsp3) is 0.143. The number of hydrogen-bond donors (Lipinski definition) is 3. The summed E-state index contributed by atoms with van der Waals surface area (Å²) in [7, 11) is 0. The van der Waals surface area contributed by atoms with E-state index in [-0.39, 0.29) is 12.4 Å². The first-order valence-corrected chi connectivity index (χ1v) is 5.93. The van der Waals surface area contributed by atoms with Gasteiger partial charge in [-0.15, -0.1) is 0 Å². The van der Waals surface area contributed by atoms with Gasteiger partial charge in [0.05, 0.1) is 12.6 Å². The van der Waals surface area contributed by atoms with Crippen molar-refractivity contribution in [3.63, 3.8) is 0 Å². The fourth-order valence-corrected chi connectivity index (χ4v) is 1.79. The quantitative estimate of drug-likeness (QED) is 0.778. The summed E-state index contributed by atoms with van der Waals surface area (Å²) in [6.07, 6.45) is 1.20. The maximum absolute atomic E-state index is 13.9. The number of anilines is 1. The molecule has 5 nitrogen and oxygen atoms in total. The molecule has 20 heavy (non-hydrogen) atoms. The average Bonchev–Trinajstić information content (AvgIpc) is 2.47. The lowest BCUT2D eigenvalue weighted by atomic mass is 10.1. The molecule has 0 fully saturated rings. The van der Waals surface area contributed by atoms with Crippen molar-refractivity contribution in [2.24, 2.45) is 0 Å². The van der Waals surface area contributed by atoms with E-state index in [2.05, 4.69) is 10.3 Å². The van der Waals surface area contributed by atoms with Gasteiger partial charge in [-0.05, 0) is 11.6 Å². The second kappa shape index (κ2) is 6.12. The number of nitrogens with one attached hydrogen (secondary N) is 1. The van der Waals surface area contributed by atoms with Gasteiger partial charge in [-0.1, -0.05) is 30.3 Å². The number of aliphatic hydroxyl groups is 1. The van der Waals surface area contributed by atoms with E-state index in [1.807, 2.05) is 6.07 Å². The topological polar surface area (TPSA) is 82.5 Å². The molecule has 3 N–H and O–H groups in total. The van der Waals surface area contributed by atoms with Crippen LogP contribution in [-0.2, 0) is 0 Å². The molecule has 1 atom stereocenters. The molecule has 1 aromatic heterocycles. The highest BCUT2D eigenvalue weighted by molar-refractivity contribution is 5.88. The van der Waals surface area contributed by atoms with Gasteiger partial charge in [0, 0.05) is 6.20 Å². The number of rotatable bonds is 5. The Labute approximate surface area is 114 Å². The smallest absolute Gasteiger partial charge is 0.338 e. The summed E-state index contributed by atoms with van der Waals surface area (Å²) >= 11 is 0. The van der Waals surface area contributed by atoms with E-state index in [4.69, 9.17) is 5.11 Å². The van der Waals surface area contributed by atoms with E-state index in [1.165, 1.54) is 6.20 Å². The number of carboxylic acid groups (broad SMARTS) is 1. The largest absolute Gasteiger partial charge is 0.478 e. The summed E-state index contributed by atoms with van der Waals surface area (Å²) in [5.41, 5.74) is 0.282. The summed E-state index contributed by atoms with van der Waals surface area (Å²) in [6, 6.07) is 9.46. The van der Waals surface area contributed by atoms with Crippen LogP contribution in [0.25, 0.3) is 0 Å². The molecule has 0 saturated heterocycles. The molecule has 0 spiro atoms. The molecule has 1 aromatic carbocycles. The number of pyridine rings is 1. The maximum Gasteiger partial charge on any atom is 0.338 e. The standard InChI is InChI=1S/C14H13FN2O3/c15-12-10(14(19)20)6-7-16-13(12)17-11(8-18)9-4-2-1-3-5-9/h1-7,11,18H,8H2,(H,16,17)(H,19,20). The Morgan fingerprint density at radius 2 is 2.00 bits per heavy atom. The van der Waals surface area contributed by atoms with E-state index in [1.54, 1.807) is 24.3 Å². The van der Waals surface area contributed by atoms with Crippen LogP contribution in [-0.4, -0.2) is 27.8 Å². The van der Waals surface area contributed by atoms with E-state index in [0.29, 0.717) is 0 Å². The third-order valence-electron chi connectivity index (χ3n) is 2.82. The molecule has 6 heteroatoms. The number of hydrogen-bond acceptors (Lipinski definition) is 4. The van der Waals surface area contributed by atoms with Crippen LogP contribution in [0.5, 0.6) is 0 Å². The lowest BCUT2D eigenvalue weighted by Gasteiger charge is -2.18. The molecule has 0 aliphatic carbocycles. The molecular weight excluding hydrogens is 263 g/mol. The molecule has 0 saturated carbocycles. The number of aromatic nitrogens is 1. The van der Waals surface area contributed by atoms with Crippen LogP contribution in [0.4, 0.5) is 10.2 Å². The van der Waals surface area contributed by atoms with Crippen molar-refractivity contribution in [1.29, 1.82) is 0 Å². The molecule has 1 heterocycles. The Morgan fingerprint density at radius 1 is 1.30 bits per heavy atom. The summed E-state index contributed by atoms with van der Waals surface area (Å²) in [4.78, 5) is 14.6. The van der Waals surface area contributed by atoms with Crippen LogP contribution in [0.2, 0.25) is 0 Å². The number of carbonyl (C=O) groups is 1. The number of nitrogens with zero attached hydrogens (tertiary/aromatic N) is 1. The van der Waals surface area contributed by atoms with Crippen molar-refractivity contribution < 1.29 is 19.4 Å². The van der Waals surface area contributed by atoms with Crippen LogP contribution in [0, 0.1) is 5.82 Å². The predicted molar refractivity (Wildman–Crippen MR) is 71.0 cm³/mol. The van der Waals surface area contributed by atoms with Crippen molar-refractivity contribution in [3.8, 4) is 0 Å². The normalized spacial score (nSPS) is 11.9. The molecule has 0 radical (unpaired) electrons. The average molecular weight is 276 g/mol. The maximum atomic E-state index is 13.9. The van der Waals surface area contributed by atoms with Crippen LogP contribution in [0.1, 0.15) is 22.0 Å². The fourth-order valence-electron chi connectivity index (χ4n) is 1.79. The highest BCUT2D eigenvalue weighted by atomic mass is 19.1. The van der Waals surface area contributed by atoms with Crippen LogP contribution < -0.4 is 5.32 Å². The zero-order chi connectivity index (χ0) is 14.5. The zero-order valence-corrected chi connectivity index (χ0v) is 10.5. The first-order valence-electron chi connectivity index (χ1n) is 5.93. The number of benzene rings is 1. The lowest BCUT2D eigenvalue weighted by Crippen LogP contribution is -2.17. The summed E-state index contributed by atoms with van der Waals surface area (Å²) < 4.78 is 13.9. The minimum absolute atomic E-state index is 0.201. The van der Waals surface area contributed by atoms with E-state index < -0.39 is 23.4 Å². The second-order valence-electron chi connectivity index (χ2n) is 4.12. The van der Waals surface area contributed by atoms with Crippen molar-refractivity contribution in [2.45, 2.75) is 6.04 Å². The zero-order valence-electron chi connectivity index (χ0n) is 10.5. The number of aromatic carboxylic acids is 1. The first-order chi connectivity index (χ1) is 9.63. The van der Waals surface area contributed by atoms with Gasteiger partial charge in [0.15, 0.2) is 11.6 Å². The minimum Gasteiger partial charge on any atom is -0.478 e. The molecule has 0 aliphatic heterocycles. The Balaban J connectivity index is 2.29. The highest BCUT2D eigenvalue weighted by Crippen LogP contribution is 2.21. The van der Waals surface area contributed by atoms with E-state index in [0.717, 1.165) is 11.6 Å². The van der Waals surface area contributed by atoms with Crippen molar-refractivity contribution in [1.82, 2.24) is 4.98 Å². The van der Waals surface area contributed by atoms with Crippen LogP contribution in [0.3, 0.4) is 0 Å². The van der Waals surface area contributed by atoms with Gasteiger partial charge >= 0.3 is 5.97 Å². The van der Waals surface area contributed by atoms with Crippen molar-refractivity contribution >= 4 is 11.8 Å². The Kier molecular flexibility index (Phi) is 4.27. The highest BCUT2D eigenvalue weighted by Gasteiger charge is 2.18. The van der Waals surface area contributed by atoms with E-state index >= 15 is 0 Å². The van der Waals surface area contributed by atoms with Gasteiger partial charge in [0.2, 0.25) is 0 Å². The summed E-state index contributed by atoms with van der Waals surface area (Å²) in [5.74, 6) is -2.52. The van der Waals surface area contributed by atoms with Gasteiger partial charge in [-0.3, -0.25) is 0 Å². The third-order valence-corrected chi connectivity index (χ3v) is 2.82. The Hall–Kier alpha value is -2.47. The van der Waals surface area contributed by atoms with Crippen molar-refractivity contribution in [2.75, 3.05) is 11.9 Å². The number of carboxylic acids is 1. The minimum atomic E-state index is -1.37. The summed E-state index contributed by atoms with van der Waals surface area (Å²) in [6.45, 7) is -0.275. The molecule has 2 rings (SSSR count). The molecule has 104 valence electrons. The second-order valence-corrected chi connectivity index (χ2v) is 4.12. The third kappa shape index (κ3) is 2.92. The van der Waals surface area contributed by atoms with Gasteiger partial charge in [0.25, 0.3) is 0 Å². The molecule has 0 aliphatic rings. The number of halogens is 1. The van der Waals surface area contributed by atoms with Crippen LogP contribution >= 0.6 is 0 Å². The van der Waals surface area contributed by atoms with Gasteiger partial charge in [0.1, 0.15) is 5.56 Å². The monoisotopic (exact) mass is 276 g/mol. The lowest BCUT2D eigenvalue weighted by molar-refractivity contribution is 0.0692. The van der Waals surface area contributed by atoms with Gasteiger partial charge in [-0.25, -0.2) is 14.2 Å². The SMILES string of the molecule is O=C(O)c1ccnc(NC(CO)c2ccccc2)c1F. The van der Waals surface area contributed by atoms with E-state index in [9.17, 15) is 14.3 Å². The van der Waals surface area contributed by atoms with Gasteiger partial charge in [-0.2, -0.15) is 0 Å². The number of aliphatic hydroxyl groups excluding tert-OH is 1. The van der Waals surface area contributed by atoms with Crippen LogP contribution in [0.15, 0.2) is 42.6 Å². The Morgan fingerprint density at radius 3 is 2.60 bits per heavy atom.